The molecule has 3 aliphatic rings. The Kier molecular flexibility index (Phi) is 8.58. The van der Waals surface area contributed by atoms with Gasteiger partial charge >= 0.3 is 0 Å². The number of halogens is 2. The number of nitrogens with one attached hydrogen (secondary N) is 1. The zero-order valence-corrected chi connectivity index (χ0v) is 22.0. The maximum absolute atomic E-state index is 13.4. The monoisotopic (exact) mass is 523 g/mol. The fraction of sp³-hybridized carbons (Fsp3) is 0.640. The lowest BCUT2D eigenvalue weighted by Crippen LogP contribution is -2.62. The number of nitrogens with zero attached hydrogens (tertiary/aromatic N) is 4. The van der Waals surface area contributed by atoms with Gasteiger partial charge in [-0.2, -0.15) is 0 Å². The van der Waals surface area contributed by atoms with Crippen molar-refractivity contribution in [2.45, 2.75) is 51.7 Å². The van der Waals surface area contributed by atoms with Gasteiger partial charge in [-0.3, -0.25) is 24.6 Å². The molecule has 0 aromatic heterocycles. The van der Waals surface area contributed by atoms with Crippen LogP contribution < -0.4 is 5.32 Å². The second-order valence-corrected chi connectivity index (χ2v) is 10.6. The van der Waals surface area contributed by atoms with Crippen LogP contribution in [0.3, 0.4) is 0 Å². The zero-order chi connectivity index (χ0) is 25.1. The number of benzene rings is 1. The number of hydrogen-bond acceptors (Lipinski definition) is 5. The average molecular weight is 524 g/mol. The van der Waals surface area contributed by atoms with Crippen LogP contribution in [0, 0.1) is 5.92 Å². The first-order chi connectivity index (χ1) is 16.8. The van der Waals surface area contributed by atoms with Crippen molar-refractivity contribution in [3.05, 3.63) is 33.8 Å². The molecule has 1 aromatic rings. The van der Waals surface area contributed by atoms with Crippen LogP contribution >= 0.6 is 23.2 Å². The van der Waals surface area contributed by atoms with Crippen molar-refractivity contribution in [2.24, 2.45) is 5.92 Å². The smallest absolute Gasteiger partial charge is 0.242 e. The van der Waals surface area contributed by atoms with Crippen molar-refractivity contribution < 1.29 is 14.4 Å². The quantitative estimate of drug-likeness (QED) is 0.619. The zero-order valence-electron chi connectivity index (χ0n) is 20.5. The van der Waals surface area contributed by atoms with E-state index < -0.39 is 0 Å². The summed E-state index contributed by atoms with van der Waals surface area (Å²) < 4.78 is 0. The van der Waals surface area contributed by atoms with Crippen molar-refractivity contribution in [3.8, 4) is 0 Å². The summed E-state index contributed by atoms with van der Waals surface area (Å²) >= 11 is 12.1. The molecule has 8 nitrogen and oxygen atoms in total. The molecule has 35 heavy (non-hydrogen) atoms. The van der Waals surface area contributed by atoms with Crippen LogP contribution in [0.5, 0.6) is 0 Å². The molecular weight excluding hydrogens is 489 g/mol. The highest BCUT2D eigenvalue weighted by Gasteiger charge is 2.43. The molecule has 0 spiro atoms. The summed E-state index contributed by atoms with van der Waals surface area (Å²) in [6.45, 7) is 8.17. The third kappa shape index (κ3) is 6.10. The van der Waals surface area contributed by atoms with Crippen LogP contribution in [0.2, 0.25) is 10.0 Å². The van der Waals surface area contributed by atoms with Crippen molar-refractivity contribution in [1.29, 1.82) is 0 Å². The molecule has 2 saturated heterocycles. The summed E-state index contributed by atoms with van der Waals surface area (Å²) in [6.07, 6.45) is 2.80. The van der Waals surface area contributed by atoms with E-state index in [1.54, 1.807) is 28.9 Å². The number of hydrogen-bond donors (Lipinski definition) is 1. The largest absolute Gasteiger partial charge is 0.340 e. The van der Waals surface area contributed by atoms with Gasteiger partial charge in [0.2, 0.25) is 17.7 Å². The van der Waals surface area contributed by atoms with E-state index in [1.807, 2.05) is 17.9 Å². The number of rotatable bonds is 6. The Morgan fingerprint density at radius 1 is 1.11 bits per heavy atom. The highest BCUT2D eigenvalue weighted by molar-refractivity contribution is 6.42. The molecule has 3 unspecified atom stereocenters. The van der Waals surface area contributed by atoms with E-state index >= 15 is 0 Å². The second-order valence-electron chi connectivity index (χ2n) is 9.78. The molecule has 2 heterocycles. The Hall–Kier alpha value is -1.87. The molecule has 1 saturated carbocycles. The molecule has 3 atom stereocenters. The molecule has 3 fully saturated rings. The van der Waals surface area contributed by atoms with Gasteiger partial charge in [0.15, 0.2) is 0 Å². The van der Waals surface area contributed by atoms with Gasteiger partial charge in [-0.05, 0) is 43.9 Å². The van der Waals surface area contributed by atoms with Gasteiger partial charge in [0.25, 0.3) is 0 Å². The van der Waals surface area contributed by atoms with Gasteiger partial charge in [0.1, 0.15) is 6.54 Å². The normalized spacial score (nSPS) is 25.4. The minimum absolute atomic E-state index is 0.0617. The Balaban J connectivity index is 1.34. The molecule has 1 aliphatic carbocycles. The topological polar surface area (TPSA) is 76.2 Å². The van der Waals surface area contributed by atoms with E-state index in [9.17, 15) is 14.4 Å². The van der Waals surface area contributed by atoms with E-state index in [4.69, 9.17) is 23.2 Å². The van der Waals surface area contributed by atoms with Crippen molar-refractivity contribution in [1.82, 2.24) is 24.9 Å². The SMILES string of the molecule is CCN(Cc1ccc(Cl)c(Cl)c1)C(=O)CN1CNC2CCC(N3CCN(C(C)=O)CC3)CC2C1=O. The van der Waals surface area contributed by atoms with Gasteiger partial charge in [0.05, 0.1) is 22.6 Å². The minimum Gasteiger partial charge on any atom is -0.340 e. The first kappa shape index (κ1) is 26.2. The van der Waals surface area contributed by atoms with Crippen LogP contribution in [-0.2, 0) is 20.9 Å². The van der Waals surface area contributed by atoms with Gasteiger partial charge in [-0.25, -0.2) is 0 Å². The summed E-state index contributed by atoms with van der Waals surface area (Å²) in [4.78, 5) is 45.9. The Bertz CT molecular complexity index is 953. The van der Waals surface area contributed by atoms with Crippen LogP contribution in [0.4, 0.5) is 0 Å². The predicted molar refractivity (Wildman–Crippen MR) is 136 cm³/mol. The molecule has 2 aliphatic heterocycles. The van der Waals surface area contributed by atoms with Crippen LogP contribution in [0.15, 0.2) is 18.2 Å². The summed E-state index contributed by atoms with van der Waals surface area (Å²) in [6, 6.07) is 5.88. The molecule has 10 heteroatoms. The van der Waals surface area contributed by atoms with Gasteiger partial charge in [0, 0.05) is 58.3 Å². The van der Waals surface area contributed by atoms with E-state index in [-0.39, 0.29) is 36.2 Å². The summed E-state index contributed by atoms with van der Waals surface area (Å²) in [5.41, 5.74) is 0.901. The first-order valence-corrected chi connectivity index (χ1v) is 13.3. The lowest BCUT2D eigenvalue weighted by atomic mass is 9.79. The average Bonchev–Trinajstić information content (AvgIpc) is 2.86. The first-order valence-electron chi connectivity index (χ1n) is 12.5. The predicted octanol–water partition coefficient (Wildman–Crippen LogP) is 2.43. The summed E-state index contributed by atoms with van der Waals surface area (Å²) in [5, 5.41) is 4.45. The van der Waals surface area contributed by atoms with Crippen molar-refractivity contribution >= 4 is 40.9 Å². The van der Waals surface area contributed by atoms with Gasteiger partial charge in [-0.15, -0.1) is 0 Å². The second kappa shape index (κ2) is 11.5. The third-order valence-corrected chi connectivity index (χ3v) is 8.43. The maximum atomic E-state index is 13.4. The number of amides is 3. The van der Waals surface area contributed by atoms with E-state index in [2.05, 4.69) is 10.2 Å². The Morgan fingerprint density at radius 3 is 2.51 bits per heavy atom. The fourth-order valence-corrected chi connectivity index (χ4v) is 5.89. The highest BCUT2D eigenvalue weighted by atomic mass is 35.5. The standard InChI is InChI=1S/C25H35Cl2N5O3/c1-3-29(14-18-4-6-21(26)22(27)12-18)24(34)15-32-16-28-23-7-5-19(13-20(23)25(32)35)31-10-8-30(9-11-31)17(2)33/h4,6,12,19-20,23,28H,3,5,7-11,13-16H2,1-2H3. The molecular formula is C25H35Cl2N5O3. The summed E-state index contributed by atoms with van der Waals surface area (Å²) in [7, 11) is 0. The lowest BCUT2D eigenvalue weighted by molar-refractivity contribution is -0.149. The minimum atomic E-state index is -0.119. The molecule has 0 bridgehead atoms. The molecule has 192 valence electrons. The fourth-order valence-electron chi connectivity index (χ4n) is 5.57. The number of carbonyl (C=O) groups excluding carboxylic acids is 3. The maximum Gasteiger partial charge on any atom is 0.242 e. The third-order valence-electron chi connectivity index (χ3n) is 7.69. The van der Waals surface area contributed by atoms with Crippen LogP contribution in [0.25, 0.3) is 0 Å². The number of fused-ring (bicyclic) bond motifs is 1. The number of piperazine rings is 1. The molecule has 3 amide bonds. The molecule has 1 N–H and O–H groups in total. The Morgan fingerprint density at radius 2 is 1.86 bits per heavy atom. The number of carbonyl (C=O) groups is 3. The van der Waals surface area contributed by atoms with Crippen molar-refractivity contribution in [2.75, 3.05) is 45.9 Å². The molecule has 0 radical (unpaired) electrons. The molecule has 4 rings (SSSR count). The van der Waals surface area contributed by atoms with Gasteiger partial charge < -0.3 is 14.7 Å². The van der Waals surface area contributed by atoms with Crippen LogP contribution in [-0.4, -0.2) is 95.3 Å². The number of likely N-dealkylation sites (N-methyl/N-ethyl adjacent to an activating group) is 1. The van der Waals surface area contributed by atoms with Gasteiger partial charge in [-0.1, -0.05) is 29.3 Å². The lowest BCUT2D eigenvalue weighted by Gasteiger charge is -2.47. The molecule has 1 aromatic carbocycles. The van der Waals surface area contributed by atoms with E-state index in [0.29, 0.717) is 35.8 Å². The van der Waals surface area contributed by atoms with Crippen molar-refractivity contribution in [3.63, 3.8) is 0 Å². The van der Waals surface area contributed by atoms with E-state index in [0.717, 1.165) is 51.0 Å². The van der Waals surface area contributed by atoms with Crippen LogP contribution in [0.1, 0.15) is 38.7 Å². The highest BCUT2D eigenvalue weighted by Crippen LogP contribution is 2.32. The van der Waals surface area contributed by atoms with E-state index in [1.165, 1.54) is 0 Å². The summed E-state index contributed by atoms with van der Waals surface area (Å²) in [5.74, 6) is -0.00783. The Labute approximate surface area is 217 Å².